The van der Waals surface area contributed by atoms with Crippen molar-refractivity contribution in [2.24, 2.45) is 5.73 Å². The van der Waals surface area contributed by atoms with Crippen LogP contribution in [0.4, 0.5) is 5.82 Å². The van der Waals surface area contributed by atoms with E-state index in [2.05, 4.69) is 36.5 Å². The van der Waals surface area contributed by atoms with Crippen LogP contribution in [0.15, 0.2) is 36.4 Å². The zero-order valence-corrected chi connectivity index (χ0v) is 16.1. The van der Waals surface area contributed by atoms with Gasteiger partial charge in [-0.25, -0.2) is 4.68 Å². The molecule has 8 heteroatoms. The van der Waals surface area contributed by atoms with Crippen LogP contribution in [0.1, 0.15) is 32.0 Å². The lowest BCUT2D eigenvalue weighted by molar-refractivity contribution is -0.123. The molecule has 2 aromatic rings. The first kappa shape index (κ1) is 21.7. The number of nitrogens with zero attached hydrogens (tertiary/aromatic N) is 2. The summed E-state index contributed by atoms with van der Waals surface area (Å²) in [4.78, 5) is 23.3. The number of halogens is 1. The molecular weight excluding hydrogens is 354 g/mol. The van der Waals surface area contributed by atoms with Crippen LogP contribution in [0.3, 0.4) is 0 Å². The van der Waals surface area contributed by atoms with Crippen LogP contribution in [-0.2, 0) is 21.5 Å². The number of anilines is 1. The van der Waals surface area contributed by atoms with Crippen LogP contribution in [0.25, 0.3) is 0 Å². The highest BCUT2D eigenvalue weighted by molar-refractivity contribution is 5.94. The fourth-order valence-corrected chi connectivity index (χ4v) is 2.20. The van der Waals surface area contributed by atoms with Crippen molar-refractivity contribution in [3.8, 4) is 0 Å². The van der Waals surface area contributed by atoms with E-state index >= 15 is 0 Å². The van der Waals surface area contributed by atoms with Gasteiger partial charge in [-0.3, -0.25) is 9.59 Å². The van der Waals surface area contributed by atoms with Gasteiger partial charge in [-0.1, -0.05) is 51.1 Å². The van der Waals surface area contributed by atoms with Crippen LogP contribution in [-0.4, -0.2) is 34.7 Å². The summed E-state index contributed by atoms with van der Waals surface area (Å²) in [5.74, 6) is -0.0967. The summed E-state index contributed by atoms with van der Waals surface area (Å²) < 4.78 is 1.76. The van der Waals surface area contributed by atoms with Gasteiger partial charge in [0.1, 0.15) is 5.82 Å². The van der Waals surface area contributed by atoms with Crippen molar-refractivity contribution in [2.45, 2.75) is 32.7 Å². The highest BCUT2D eigenvalue weighted by atomic mass is 35.5. The summed E-state index contributed by atoms with van der Waals surface area (Å²) in [6.45, 7) is 6.46. The van der Waals surface area contributed by atoms with E-state index in [0.29, 0.717) is 12.4 Å². The van der Waals surface area contributed by atoms with E-state index in [1.807, 2.05) is 36.4 Å². The normalized spacial score (nSPS) is 10.8. The zero-order chi connectivity index (χ0) is 18.4. The first-order chi connectivity index (χ1) is 11.8. The first-order valence-corrected chi connectivity index (χ1v) is 8.18. The van der Waals surface area contributed by atoms with Crippen molar-refractivity contribution in [1.82, 2.24) is 15.1 Å². The second-order valence-corrected chi connectivity index (χ2v) is 6.84. The minimum atomic E-state index is -0.372. The Bertz CT molecular complexity index is 738. The Morgan fingerprint density at radius 3 is 2.38 bits per heavy atom. The molecule has 1 heterocycles. The molecule has 1 aromatic carbocycles. The van der Waals surface area contributed by atoms with Gasteiger partial charge < -0.3 is 16.4 Å². The lowest BCUT2D eigenvalue weighted by Crippen LogP contribution is -2.36. The van der Waals surface area contributed by atoms with Gasteiger partial charge in [0.2, 0.25) is 11.8 Å². The van der Waals surface area contributed by atoms with Gasteiger partial charge in [0.05, 0.1) is 25.3 Å². The summed E-state index contributed by atoms with van der Waals surface area (Å²) in [5, 5.41) is 9.90. The number of hydrogen-bond acceptors (Lipinski definition) is 4. The Hall–Kier alpha value is -2.38. The highest BCUT2D eigenvalue weighted by Gasteiger charge is 2.21. The average Bonchev–Trinajstić information content (AvgIpc) is 2.96. The van der Waals surface area contributed by atoms with Crippen LogP contribution in [0.5, 0.6) is 0 Å². The number of benzene rings is 1. The minimum Gasteiger partial charge on any atom is -0.346 e. The topological polar surface area (TPSA) is 102 Å². The van der Waals surface area contributed by atoms with Crippen LogP contribution < -0.4 is 16.4 Å². The van der Waals surface area contributed by atoms with E-state index in [0.717, 1.165) is 11.3 Å². The van der Waals surface area contributed by atoms with Gasteiger partial charge in [-0.15, -0.1) is 12.4 Å². The molecule has 0 spiro atoms. The fourth-order valence-electron chi connectivity index (χ4n) is 2.20. The third-order valence-electron chi connectivity index (χ3n) is 3.62. The molecule has 0 fully saturated rings. The fraction of sp³-hybridized carbons (Fsp3) is 0.389. The molecule has 0 aliphatic heterocycles. The zero-order valence-electron chi connectivity index (χ0n) is 15.3. The van der Waals surface area contributed by atoms with Gasteiger partial charge in [-0.05, 0) is 5.56 Å². The van der Waals surface area contributed by atoms with Gasteiger partial charge in [0.15, 0.2) is 0 Å². The van der Waals surface area contributed by atoms with E-state index < -0.39 is 0 Å². The van der Waals surface area contributed by atoms with Crippen LogP contribution >= 0.6 is 12.4 Å². The first-order valence-electron chi connectivity index (χ1n) is 8.18. The molecule has 0 aliphatic rings. The molecule has 0 atom stereocenters. The van der Waals surface area contributed by atoms with Gasteiger partial charge >= 0.3 is 0 Å². The molecule has 0 aliphatic carbocycles. The molecule has 0 saturated carbocycles. The van der Waals surface area contributed by atoms with Crippen molar-refractivity contribution >= 4 is 30.0 Å². The third-order valence-corrected chi connectivity index (χ3v) is 3.62. The molecule has 0 bridgehead atoms. The lowest BCUT2D eigenvalue weighted by atomic mass is 9.92. The van der Waals surface area contributed by atoms with Gasteiger partial charge in [0, 0.05) is 11.5 Å². The number of nitrogens with two attached hydrogens (primary N) is 1. The van der Waals surface area contributed by atoms with Crippen molar-refractivity contribution in [3.05, 3.63) is 47.7 Å². The molecule has 4 N–H and O–H groups in total. The van der Waals surface area contributed by atoms with E-state index in [4.69, 9.17) is 5.73 Å². The standard InChI is InChI=1S/C18H25N5O2.ClH/c1-18(2,3)14-9-15(21-17(25)11-20-16(24)10-19)23(22-14)12-13-7-5-4-6-8-13;/h4-9H,10-12,19H2,1-3H3,(H,20,24)(H,21,25);1H. The van der Waals surface area contributed by atoms with E-state index in [9.17, 15) is 9.59 Å². The Balaban J connectivity index is 0.00000338. The molecular formula is C18H26ClN5O2. The van der Waals surface area contributed by atoms with E-state index in [1.54, 1.807) is 4.68 Å². The maximum atomic E-state index is 12.1. The van der Waals surface area contributed by atoms with Gasteiger partial charge in [-0.2, -0.15) is 5.10 Å². The molecule has 0 radical (unpaired) electrons. The van der Waals surface area contributed by atoms with Crippen molar-refractivity contribution in [1.29, 1.82) is 0 Å². The molecule has 26 heavy (non-hydrogen) atoms. The monoisotopic (exact) mass is 379 g/mol. The molecule has 142 valence electrons. The number of amides is 2. The quantitative estimate of drug-likeness (QED) is 0.710. The molecule has 7 nitrogen and oxygen atoms in total. The Morgan fingerprint density at radius 2 is 1.81 bits per heavy atom. The summed E-state index contributed by atoms with van der Waals surface area (Å²) in [6.07, 6.45) is 0. The van der Waals surface area contributed by atoms with E-state index in [1.165, 1.54) is 0 Å². The van der Waals surface area contributed by atoms with Crippen molar-refractivity contribution in [2.75, 3.05) is 18.4 Å². The largest absolute Gasteiger partial charge is 0.346 e. The summed E-state index contributed by atoms with van der Waals surface area (Å²) in [7, 11) is 0. The summed E-state index contributed by atoms with van der Waals surface area (Å²) in [6, 6.07) is 11.8. The SMILES string of the molecule is CC(C)(C)c1cc(NC(=O)CNC(=O)CN)n(Cc2ccccc2)n1.Cl. The maximum Gasteiger partial charge on any atom is 0.244 e. The Morgan fingerprint density at radius 1 is 1.15 bits per heavy atom. The summed E-state index contributed by atoms with van der Waals surface area (Å²) >= 11 is 0. The molecule has 2 amide bonds. The lowest BCUT2D eigenvalue weighted by Gasteiger charge is -2.14. The predicted octanol–water partition coefficient (Wildman–Crippen LogP) is 1.66. The van der Waals surface area contributed by atoms with E-state index in [-0.39, 0.29) is 42.7 Å². The third kappa shape index (κ3) is 6.16. The number of carbonyl (C=O) groups is 2. The smallest absolute Gasteiger partial charge is 0.244 e. The maximum absolute atomic E-state index is 12.1. The second kappa shape index (κ2) is 9.35. The number of nitrogens with one attached hydrogen (secondary N) is 2. The summed E-state index contributed by atoms with van der Waals surface area (Å²) in [5.41, 5.74) is 7.03. The Kier molecular flexibility index (Phi) is 7.79. The minimum absolute atomic E-state index is 0. The number of carbonyl (C=O) groups excluding carboxylic acids is 2. The molecule has 0 unspecified atom stereocenters. The highest BCUT2D eigenvalue weighted by Crippen LogP contribution is 2.24. The van der Waals surface area contributed by atoms with Crippen molar-refractivity contribution < 1.29 is 9.59 Å². The number of hydrogen-bond donors (Lipinski definition) is 3. The van der Waals surface area contributed by atoms with Gasteiger partial charge in [0.25, 0.3) is 0 Å². The van der Waals surface area contributed by atoms with Crippen LogP contribution in [0, 0.1) is 0 Å². The molecule has 1 aromatic heterocycles. The molecule has 0 saturated heterocycles. The molecule has 2 rings (SSSR count). The predicted molar refractivity (Wildman–Crippen MR) is 104 cm³/mol. The van der Waals surface area contributed by atoms with Crippen LogP contribution in [0.2, 0.25) is 0 Å². The number of rotatable bonds is 6. The number of aromatic nitrogens is 2. The second-order valence-electron chi connectivity index (χ2n) is 6.84. The average molecular weight is 380 g/mol. The Labute approximate surface area is 159 Å². The van der Waals surface area contributed by atoms with Crippen molar-refractivity contribution in [3.63, 3.8) is 0 Å².